The van der Waals surface area contributed by atoms with Crippen LogP contribution in [0.15, 0.2) is 36.5 Å². The predicted octanol–water partition coefficient (Wildman–Crippen LogP) is 4.55. The molecule has 4 nitrogen and oxygen atoms in total. The normalized spacial score (nSPS) is 17.6. The van der Waals surface area contributed by atoms with Crippen molar-refractivity contribution in [1.29, 1.82) is 0 Å². The second-order valence-corrected chi connectivity index (χ2v) is 6.88. The van der Waals surface area contributed by atoms with Crippen LogP contribution in [0.2, 0.25) is 10.0 Å². The van der Waals surface area contributed by atoms with Crippen molar-refractivity contribution in [2.75, 3.05) is 19.7 Å². The molecule has 1 atom stereocenters. The molecule has 25 heavy (non-hydrogen) atoms. The molecule has 1 aromatic heterocycles. The summed E-state index contributed by atoms with van der Waals surface area (Å²) in [4.78, 5) is 19.0. The number of rotatable bonds is 4. The van der Waals surface area contributed by atoms with Gasteiger partial charge in [0.1, 0.15) is 6.10 Å². The van der Waals surface area contributed by atoms with Crippen LogP contribution in [0.1, 0.15) is 41.1 Å². The Labute approximate surface area is 157 Å². The molecule has 2 heterocycles. The van der Waals surface area contributed by atoms with E-state index in [1.807, 2.05) is 17.0 Å². The Hall–Kier alpha value is -1.62. The number of morpholine rings is 1. The van der Waals surface area contributed by atoms with E-state index in [9.17, 15) is 4.79 Å². The molecule has 1 aliphatic rings. The van der Waals surface area contributed by atoms with Crippen LogP contribution in [-0.2, 0) is 11.2 Å². The molecule has 1 aliphatic heterocycles. The maximum absolute atomic E-state index is 12.8. The van der Waals surface area contributed by atoms with Crippen LogP contribution in [-0.4, -0.2) is 35.5 Å². The van der Waals surface area contributed by atoms with Gasteiger partial charge < -0.3 is 9.64 Å². The minimum absolute atomic E-state index is 0.00751. The molecule has 3 rings (SSSR count). The lowest BCUT2D eigenvalue weighted by molar-refractivity contribution is -0.0228. The molecule has 1 unspecified atom stereocenters. The monoisotopic (exact) mass is 378 g/mol. The van der Waals surface area contributed by atoms with Crippen molar-refractivity contribution in [3.63, 3.8) is 0 Å². The number of pyridine rings is 1. The van der Waals surface area contributed by atoms with Gasteiger partial charge in [-0.05, 0) is 36.2 Å². The molecule has 0 radical (unpaired) electrons. The molecule has 1 amide bonds. The van der Waals surface area contributed by atoms with E-state index < -0.39 is 0 Å². The molecule has 0 bridgehead atoms. The van der Waals surface area contributed by atoms with Gasteiger partial charge in [-0.1, -0.05) is 42.6 Å². The van der Waals surface area contributed by atoms with Gasteiger partial charge in [-0.3, -0.25) is 9.78 Å². The number of aromatic nitrogens is 1. The summed E-state index contributed by atoms with van der Waals surface area (Å²) in [5, 5.41) is 0.999. The molecular weight excluding hydrogens is 359 g/mol. The first-order valence-electron chi connectivity index (χ1n) is 8.39. The van der Waals surface area contributed by atoms with Gasteiger partial charge in [0, 0.05) is 24.0 Å². The van der Waals surface area contributed by atoms with E-state index in [0.29, 0.717) is 35.3 Å². The van der Waals surface area contributed by atoms with Crippen molar-refractivity contribution in [3.8, 4) is 0 Å². The van der Waals surface area contributed by atoms with Crippen molar-refractivity contribution in [2.45, 2.75) is 25.9 Å². The molecule has 0 saturated carbocycles. The Bertz CT molecular complexity index is 767. The number of hydrogen-bond acceptors (Lipinski definition) is 3. The summed E-state index contributed by atoms with van der Waals surface area (Å²) in [5.74, 6) is 0.00751. The highest BCUT2D eigenvalue weighted by atomic mass is 35.5. The fourth-order valence-corrected chi connectivity index (χ4v) is 3.24. The van der Waals surface area contributed by atoms with E-state index in [0.717, 1.165) is 24.1 Å². The summed E-state index contributed by atoms with van der Waals surface area (Å²) in [6.45, 7) is 3.65. The lowest BCUT2D eigenvalue weighted by atomic mass is 10.1. The third kappa shape index (κ3) is 4.32. The average Bonchev–Trinajstić information content (AvgIpc) is 2.64. The van der Waals surface area contributed by atoms with Crippen molar-refractivity contribution in [3.05, 3.63) is 63.4 Å². The lowest BCUT2D eigenvalue weighted by Gasteiger charge is -2.33. The molecule has 1 fully saturated rings. The zero-order valence-electron chi connectivity index (χ0n) is 14.0. The zero-order chi connectivity index (χ0) is 17.8. The van der Waals surface area contributed by atoms with E-state index >= 15 is 0 Å². The average molecular weight is 379 g/mol. The molecule has 6 heteroatoms. The number of carbonyl (C=O) groups excluding carboxylic acids is 1. The SMILES string of the molecule is CCCc1cc(C(=O)N2CCOC(c3ccc(Cl)c(Cl)c3)C2)ccn1. The molecule has 1 aromatic carbocycles. The number of ether oxygens (including phenoxy) is 1. The van der Waals surface area contributed by atoms with Crippen LogP contribution in [0, 0.1) is 0 Å². The lowest BCUT2D eigenvalue weighted by Crippen LogP contribution is -2.42. The number of halogens is 2. The topological polar surface area (TPSA) is 42.4 Å². The first-order valence-corrected chi connectivity index (χ1v) is 9.15. The Kier molecular flexibility index (Phi) is 5.94. The van der Waals surface area contributed by atoms with Crippen LogP contribution < -0.4 is 0 Å². The molecule has 1 saturated heterocycles. The maximum Gasteiger partial charge on any atom is 0.254 e. The number of amides is 1. The second kappa shape index (κ2) is 8.17. The number of hydrogen-bond donors (Lipinski definition) is 0. The predicted molar refractivity (Wildman–Crippen MR) is 99.3 cm³/mol. The Morgan fingerprint density at radius 2 is 2.12 bits per heavy atom. The third-order valence-electron chi connectivity index (χ3n) is 4.24. The van der Waals surface area contributed by atoms with Crippen LogP contribution in [0.25, 0.3) is 0 Å². The van der Waals surface area contributed by atoms with Gasteiger partial charge in [-0.25, -0.2) is 0 Å². The summed E-state index contributed by atoms with van der Waals surface area (Å²) >= 11 is 12.1. The Morgan fingerprint density at radius 1 is 1.28 bits per heavy atom. The van der Waals surface area contributed by atoms with Crippen LogP contribution in [0.3, 0.4) is 0 Å². The molecule has 0 N–H and O–H groups in total. The van der Waals surface area contributed by atoms with E-state index in [1.54, 1.807) is 24.4 Å². The van der Waals surface area contributed by atoms with Crippen molar-refractivity contribution >= 4 is 29.1 Å². The van der Waals surface area contributed by atoms with Gasteiger partial charge in [-0.2, -0.15) is 0 Å². The minimum Gasteiger partial charge on any atom is -0.370 e. The van der Waals surface area contributed by atoms with Gasteiger partial charge in [0.05, 0.1) is 23.2 Å². The highest BCUT2D eigenvalue weighted by Gasteiger charge is 2.26. The largest absolute Gasteiger partial charge is 0.370 e. The highest BCUT2D eigenvalue weighted by molar-refractivity contribution is 6.42. The summed E-state index contributed by atoms with van der Waals surface area (Å²) in [5.41, 5.74) is 2.55. The molecular formula is C19H20Cl2N2O2. The summed E-state index contributed by atoms with van der Waals surface area (Å²) < 4.78 is 5.83. The number of nitrogens with zero attached hydrogens (tertiary/aromatic N) is 2. The maximum atomic E-state index is 12.8. The first kappa shape index (κ1) is 18.2. The standard InChI is InChI=1S/C19H20Cl2N2O2/c1-2-3-15-10-14(6-7-22-15)19(24)23-8-9-25-18(12-23)13-4-5-16(20)17(21)11-13/h4-7,10-11,18H,2-3,8-9,12H2,1H3. The van der Waals surface area contributed by atoms with E-state index in [2.05, 4.69) is 11.9 Å². The van der Waals surface area contributed by atoms with Crippen LogP contribution in [0.4, 0.5) is 0 Å². The van der Waals surface area contributed by atoms with Crippen molar-refractivity contribution < 1.29 is 9.53 Å². The molecule has 2 aromatic rings. The smallest absolute Gasteiger partial charge is 0.254 e. The number of benzene rings is 1. The summed E-state index contributed by atoms with van der Waals surface area (Å²) in [7, 11) is 0. The molecule has 0 aliphatic carbocycles. The fourth-order valence-electron chi connectivity index (χ4n) is 2.93. The van der Waals surface area contributed by atoms with E-state index in [4.69, 9.17) is 27.9 Å². The van der Waals surface area contributed by atoms with Crippen molar-refractivity contribution in [2.24, 2.45) is 0 Å². The number of carbonyl (C=O) groups is 1. The molecule has 132 valence electrons. The van der Waals surface area contributed by atoms with Gasteiger partial charge in [0.15, 0.2) is 0 Å². The van der Waals surface area contributed by atoms with Crippen molar-refractivity contribution in [1.82, 2.24) is 9.88 Å². The summed E-state index contributed by atoms with van der Waals surface area (Å²) in [6.07, 6.45) is 3.37. The first-order chi connectivity index (χ1) is 12.1. The van der Waals surface area contributed by atoms with E-state index in [-0.39, 0.29) is 12.0 Å². The highest BCUT2D eigenvalue weighted by Crippen LogP contribution is 2.29. The minimum atomic E-state index is -0.204. The van der Waals surface area contributed by atoms with Crippen LogP contribution in [0.5, 0.6) is 0 Å². The van der Waals surface area contributed by atoms with Gasteiger partial charge in [0.25, 0.3) is 5.91 Å². The van der Waals surface area contributed by atoms with Gasteiger partial charge >= 0.3 is 0 Å². The summed E-state index contributed by atoms with van der Waals surface area (Å²) in [6, 6.07) is 9.09. The van der Waals surface area contributed by atoms with Crippen LogP contribution >= 0.6 is 23.2 Å². The quantitative estimate of drug-likeness (QED) is 0.783. The second-order valence-electron chi connectivity index (χ2n) is 6.07. The van der Waals surface area contributed by atoms with E-state index in [1.165, 1.54) is 0 Å². The fraction of sp³-hybridized carbons (Fsp3) is 0.368. The van der Waals surface area contributed by atoms with Gasteiger partial charge in [0.2, 0.25) is 0 Å². The third-order valence-corrected chi connectivity index (χ3v) is 4.98. The number of aryl methyl sites for hydroxylation is 1. The zero-order valence-corrected chi connectivity index (χ0v) is 15.6. The molecule has 0 spiro atoms. The van der Waals surface area contributed by atoms with Gasteiger partial charge in [-0.15, -0.1) is 0 Å². The Balaban J connectivity index is 1.75. The Morgan fingerprint density at radius 3 is 2.88 bits per heavy atom.